The maximum Gasteiger partial charge on any atom is 0.228 e. The Balaban J connectivity index is 1.71. The lowest BCUT2D eigenvalue weighted by molar-refractivity contribution is 0.310. The van der Waals surface area contributed by atoms with Crippen molar-refractivity contribution >= 4 is 21.8 Å². The van der Waals surface area contributed by atoms with Crippen LogP contribution >= 0.6 is 0 Å². The summed E-state index contributed by atoms with van der Waals surface area (Å²) in [4.78, 5) is 17.6. The summed E-state index contributed by atoms with van der Waals surface area (Å²) < 4.78 is 26.5. The standard InChI is InChI=1S/C18H26N6O2S/c1-12(2)27(25,26)24-7-5-6-15(11-24)16-9-20-17(10-19-16)23-18-21-13(3)8-14(4)22-18/h8-10,12,15H,5-7,11H2,1-4H3,(H,20,21,22,23). The van der Waals surface area contributed by atoms with Crippen LogP contribution in [0.1, 0.15) is 49.7 Å². The van der Waals surface area contributed by atoms with E-state index in [1.165, 1.54) is 0 Å². The van der Waals surface area contributed by atoms with Crippen molar-refractivity contribution in [1.29, 1.82) is 0 Å². The molecule has 0 spiro atoms. The maximum atomic E-state index is 12.4. The topological polar surface area (TPSA) is 101 Å². The molecule has 1 N–H and O–H groups in total. The lowest BCUT2D eigenvalue weighted by atomic mass is 9.96. The van der Waals surface area contributed by atoms with Crippen molar-refractivity contribution < 1.29 is 8.42 Å². The van der Waals surface area contributed by atoms with Crippen molar-refractivity contribution in [2.75, 3.05) is 18.4 Å². The van der Waals surface area contributed by atoms with Gasteiger partial charge in [-0.2, -0.15) is 0 Å². The fraction of sp³-hybridized carbons (Fsp3) is 0.556. The molecule has 0 aromatic carbocycles. The molecule has 1 fully saturated rings. The second-order valence-corrected chi connectivity index (χ2v) is 9.71. The summed E-state index contributed by atoms with van der Waals surface area (Å²) in [6.45, 7) is 8.29. The minimum atomic E-state index is -3.24. The van der Waals surface area contributed by atoms with E-state index in [1.54, 1.807) is 30.5 Å². The van der Waals surface area contributed by atoms with Gasteiger partial charge >= 0.3 is 0 Å². The van der Waals surface area contributed by atoms with Gasteiger partial charge in [-0.05, 0) is 46.6 Å². The van der Waals surface area contributed by atoms with Crippen LogP contribution < -0.4 is 5.32 Å². The first kappa shape index (κ1) is 19.6. The molecule has 27 heavy (non-hydrogen) atoms. The van der Waals surface area contributed by atoms with E-state index in [1.807, 2.05) is 19.9 Å². The van der Waals surface area contributed by atoms with Crippen molar-refractivity contribution in [3.63, 3.8) is 0 Å². The van der Waals surface area contributed by atoms with Crippen molar-refractivity contribution in [1.82, 2.24) is 24.2 Å². The van der Waals surface area contributed by atoms with Crippen LogP contribution in [0.2, 0.25) is 0 Å². The van der Waals surface area contributed by atoms with Gasteiger partial charge in [0.1, 0.15) is 0 Å². The summed E-state index contributed by atoms with van der Waals surface area (Å²) in [6, 6.07) is 1.90. The van der Waals surface area contributed by atoms with Crippen molar-refractivity contribution in [2.45, 2.75) is 51.7 Å². The van der Waals surface area contributed by atoms with Crippen LogP contribution in [0.3, 0.4) is 0 Å². The van der Waals surface area contributed by atoms with E-state index in [9.17, 15) is 8.42 Å². The quantitative estimate of drug-likeness (QED) is 0.837. The average Bonchev–Trinajstić information content (AvgIpc) is 2.61. The van der Waals surface area contributed by atoms with Gasteiger partial charge in [0.05, 0.1) is 23.3 Å². The van der Waals surface area contributed by atoms with Crippen molar-refractivity contribution in [3.8, 4) is 0 Å². The molecule has 1 atom stereocenters. The predicted octanol–water partition coefficient (Wildman–Crippen LogP) is 2.54. The SMILES string of the molecule is Cc1cc(C)nc(Nc2cnc(C3CCCN(S(=O)(=O)C(C)C)C3)cn2)n1. The first-order chi connectivity index (χ1) is 12.8. The normalized spacial score (nSPS) is 18.6. The maximum absolute atomic E-state index is 12.4. The summed E-state index contributed by atoms with van der Waals surface area (Å²) in [5, 5.41) is 2.65. The lowest BCUT2D eigenvalue weighted by Gasteiger charge is -2.32. The van der Waals surface area contributed by atoms with E-state index in [0.29, 0.717) is 24.9 Å². The molecule has 0 aliphatic carbocycles. The number of hydrogen-bond donors (Lipinski definition) is 1. The molecule has 1 saturated heterocycles. The first-order valence-electron chi connectivity index (χ1n) is 9.16. The van der Waals surface area contributed by atoms with Gasteiger partial charge in [-0.1, -0.05) is 0 Å². The van der Waals surface area contributed by atoms with Gasteiger partial charge in [0, 0.05) is 30.4 Å². The van der Waals surface area contributed by atoms with Crippen molar-refractivity contribution in [2.24, 2.45) is 0 Å². The van der Waals surface area contributed by atoms with Gasteiger partial charge in [-0.15, -0.1) is 0 Å². The highest BCUT2D eigenvalue weighted by atomic mass is 32.2. The summed E-state index contributed by atoms with van der Waals surface area (Å²) in [5.41, 5.74) is 2.57. The van der Waals surface area contributed by atoms with Crippen LogP contribution in [0.5, 0.6) is 0 Å². The van der Waals surface area contributed by atoms with E-state index >= 15 is 0 Å². The van der Waals surface area contributed by atoms with Crippen LogP contribution in [-0.4, -0.2) is 51.0 Å². The molecule has 9 heteroatoms. The third-order valence-corrected chi connectivity index (χ3v) is 6.89. The van der Waals surface area contributed by atoms with Crippen LogP contribution in [0.25, 0.3) is 0 Å². The van der Waals surface area contributed by atoms with E-state index in [4.69, 9.17) is 0 Å². The highest BCUT2D eigenvalue weighted by molar-refractivity contribution is 7.89. The Morgan fingerprint density at radius 1 is 1.15 bits per heavy atom. The average molecular weight is 391 g/mol. The number of aromatic nitrogens is 4. The molecule has 0 bridgehead atoms. The molecule has 1 aliphatic rings. The molecular formula is C18H26N6O2S. The predicted molar refractivity (Wildman–Crippen MR) is 104 cm³/mol. The third kappa shape index (κ3) is 4.59. The second-order valence-electron chi connectivity index (χ2n) is 7.22. The fourth-order valence-corrected chi connectivity index (χ4v) is 4.59. The number of sulfonamides is 1. The summed E-state index contributed by atoms with van der Waals surface area (Å²) in [7, 11) is -3.24. The highest BCUT2D eigenvalue weighted by Crippen LogP contribution is 2.28. The zero-order valence-electron chi connectivity index (χ0n) is 16.2. The van der Waals surface area contributed by atoms with Gasteiger partial charge < -0.3 is 5.32 Å². The van der Waals surface area contributed by atoms with Crippen LogP contribution in [0.15, 0.2) is 18.5 Å². The molecule has 3 heterocycles. The Kier molecular flexibility index (Phi) is 5.71. The highest BCUT2D eigenvalue weighted by Gasteiger charge is 2.32. The molecule has 0 saturated carbocycles. The largest absolute Gasteiger partial charge is 0.307 e. The first-order valence-corrected chi connectivity index (χ1v) is 10.7. The number of hydrogen-bond acceptors (Lipinski definition) is 7. The molecule has 3 rings (SSSR count). The van der Waals surface area contributed by atoms with Crippen LogP contribution in [0, 0.1) is 13.8 Å². The third-order valence-electron chi connectivity index (χ3n) is 4.65. The molecule has 2 aromatic heterocycles. The fourth-order valence-electron chi connectivity index (χ4n) is 3.22. The monoisotopic (exact) mass is 390 g/mol. The van der Waals surface area contributed by atoms with Gasteiger partial charge in [0.25, 0.3) is 0 Å². The summed E-state index contributed by atoms with van der Waals surface area (Å²) in [6.07, 6.45) is 5.09. The Hall–Kier alpha value is -2.13. The zero-order valence-corrected chi connectivity index (χ0v) is 17.0. The minimum absolute atomic E-state index is 0.0614. The number of piperidine rings is 1. The number of nitrogens with one attached hydrogen (secondary N) is 1. The Bertz CT molecular complexity index is 878. The second kappa shape index (κ2) is 7.85. The lowest BCUT2D eigenvalue weighted by Crippen LogP contribution is -2.42. The summed E-state index contributed by atoms with van der Waals surface area (Å²) in [5.74, 6) is 1.11. The van der Waals surface area contributed by atoms with Crippen LogP contribution in [-0.2, 0) is 10.0 Å². The van der Waals surface area contributed by atoms with E-state index in [-0.39, 0.29) is 5.92 Å². The van der Waals surface area contributed by atoms with E-state index < -0.39 is 15.3 Å². The molecule has 0 radical (unpaired) electrons. The van der Waals surface area contributed by atoms with Gasteiger partial charge in [0.15, 0.2) is 5.82 Å². The Morgan fingerprint density at radius 2 is 1.85 bits per heavy atom. The molecule has 8 nitrogen and oxygen atoms in total. The smallest absolute Gasteiger partial charge is 0.228 e. The molecule has 1 unspecified atom stereocenters. The zero-order chi connectivity index (χ0) is 19.6. The van der Waals surface area contributed by atoms with Gasteiger partial charge in [-0.3, -0.25) is 4.98 Å². The minimum Gasteiger partial charge on any atom is -0.307 e. The molecule has 0 amide bonds. The van der Waals surface area contributed by atoms with Crippen LogP contribution in [0.4, 0.5) is 11.8 Å². The molecule has 146 valence electrons. The van der Waals surface area contributed by atoms with Gasteiger partial charge in [0.2, 0.25) is 16.0 Å². The Morgan fingerprint density at radius 3 is 2.44 bits per heavy atom. The Labute approximate surface area is 160 Å². The van der Waals surface area contributed by atoms with Crippen molar-refractivity contribution in [3.05, 3.63) is 35.5 Å². The molecule has 1 aliphatic heterocycles. The number of anilines is 2. The van der Waals surface area contributed by atoms with E-state index in [2.05, 4.69) is 25.3 Å². The summed E-state index contributed by atoms with van der Waals surface area (Å²) >= 11 is 0. The molecular weight excluding hydrogens is 364 g/mol. The number of nitrogens with zero attached hydrogens (tertiary/aromatic N) is 5. The van der Waals surface area contributed by atoms with E-state index in [0.717, 1.165) is 29.9 Å². The molecule has 2 aromatic rings. The van der Waals surface area contributed by atoms with Gasteiger partial charge in [-0.25, -0.2) is 27.7 Å². The number of rotatable bonds is 5. The number of aryl methyl sites for hydroxylation is 2.